The molecule has 2 heterocycles. The predicted molar refractivity (Wildman–Crippen MR) is 85.3 cm³/mol. The van der Waals surface area contributed by atoms with Gasteiger partial charge in [-0.1, -0.05) is 0 Å². The van der Waals surface area contributed by atoms with Crippen LogP contribution < -0.4 is 4.74 Å². The number of hydrogen-bond acceptors (Lipinski definition) is 3. The Morgan fingerprint density at radius 3 is 2.59 bits per heavy atom. The Hall–Kier alpha value is -1.94. The molecule has 0 unspecified atom stereocenters. The molecule has 150 valence electrons. The first-order valence-corrected chi connectivity index (χ1v) is 8.41. The minimum absolute atomic E-state index is 0.00743. The second kappa shape index (κ2) is 7.59. The van der Waals surface area contributed by atoms with Gasteiger partial charge in [-0.05, 0) is 49.6 Å². The molecule has 1 atom stereocenters. The number of nitrogens with one attached hydrogen (secondary N) is 1. The number of aromatic amines is 1. The highest BCUT2D eigenvalue weighted by atomic mass is 19.4. The van der Waals surface area contributed by atoms with E-state index in [1.807, 2.05) is 4.90 Å². The smallest absolute Gasteiger partial charge is 0.406 e. The van der Waals surface area contributed by atoms with Crippen LogP contribution in [0.3, 0.4) is 0 Å². The number of fused-ring (bicyclic) bond motifs is 1. The van der Waals surface area contributed by atoms with Gasteiger partial charge in [0.1, 0.15) is 5.75 Å². The van der Waals surface area contributed by atoms with Crippen LogP contribution in [0.15, 0.2) is 24.4 Å². The number of aromatic nitrogens is 1. The topological polar surface area (TPSA) is 37.5 Å². The zero-order chi connectivity index (χ0) is 19.7. The number of H-pyrrole nitrogens is 1. The molecule has 1 saturated heterocycles. The molecule has 3 rings (SSSR count). The second-order valence-electron chi connectivity index (χ2n) is 6.40. The van der Waals surface area contributed by atoms with Gasteiger partial charge in [0.2, 0.25) is 0 Å². The summed E-state index contributed by atoms with van der Waals surface area (Å²) in [5.41, 5.74) is 1.47. The summed E-state index contributed by atoms with van der Waals surface area (Å²) in [5, 5.41) is 0.607. The van der Waals surface area contributed by atoms with Gasteiger partial charge >= 0.3 is 12.7 Å². The van der Waals surface area contributed by atoms with Crippen LogP contribution in [0.2, 0.25) is 0 Å². The minimum Gasteiger partial charge on any atom is -0.406 e. The average molecular weight is 396 g/mol. The summed E-state index contributed by atoms with van der Waals surface area (Å²) in [4.78, 5) is 4.92. The first-order valence-electron chi connectivity index (χ1n) is 8.41. The summed E-state index contributed by atoms with van der Waals surface area (Å²) in [6.45, 7) is 0.364. The monoisotopic (exact) mass is 396 g/mol. The van der Waals surface area contributed by atoms with Crippen molar-refractivity contribution in [3.05, 3.63) is 30.0 Å². The van der Waals surface area contributed by atoms with Crippen LogP contribution in [0.4, 0.5) is 26.3 Å². The first-order chi connectivity index (χ1) is 12.6. The third kappa shape index (κ3) is 5.52. The van der Waals surface area contributed by atoms with Crippen molar-refractivity contribution >= 4 is 10.9 Å². The molecule has 1 aliphatic heterocycles. The lowest BCUT2D eigenvalue weighted by atomic mass is 10.0. The van der Waals surface area contributed by atoms with Crippen molar-refractivity contribution in [3.63, 3.8) is 0 Å². The fraction of sp³-hybridized carbons (Fsp3) is 0.529. The molecule has 1 aromatic carbocycles. The van der Waals surface area contributed by atoms with E-state index < -0.39 is 19.3 Å². The molecule has 0 amide bonds. The fourth-order valence-electron chi connectivity index (χ4n) is 3.48. The molecule has 0 radical (unpaired) electrons. The Morgan fingerprint density at radius 2 is 1.89 bits per heavy atom. The Balaban J connectivity index is 1.68. The number of alkyl halides is 6. The third-order valence-corrected chi connectivity index (χ3v) is 4.57. The van der Waals surface area contributed by atoms with Crippen LogP contribution >= 0.6 is 0 Å². The van der Waals surface area contributed by atoms with E-state index in [-0.39, 0.29) is 18.3 Å². The maximum Gasteiger partial charge on any atom is 0.573 e. The number of rotatable bonds is 6. The Morgan fingerprint density at radius 1 is 1.11 bits per heavy atom. The van der Waals surface area contributed by atoms with Gasteiger partial charge in [-0.3, -0.25) is 9.64 Å². The zero-order valence-corrected chi connectivity index (χ0v) is 14.2. The van der Waals surface area contributed by atoms with Crippen LogP contribution in [0.1, 0.15) is 18.4 Å². The van der Waals surface area contributed by atoms with Crippen LogP contribution in [0.25, 0.3) is 10.9 Å². The number of ether oxygens (including phenoxy) is 2. The largest absolute Gasteiger partial charge is 0.573 e. The number of halogens is 6. The molecule has 27 heavy (non-hydrogen) atoms. The number of nitrogens with zero attached hydrogens (tertiary/aromatic N) is 1. The van der Waals surface area contributed by atoms with Crippen molar-refractivity contribution in [2.75, 3.05) is 19.7 Å². The molecule has 0 spiro atoms. The van der Waals surface area contributed by atoms with E-state index in [0.717, 1.165) is 18.4 Å². The molecule has 0 saturated carbocycles. The Bertz CT molecular complexity index is 771. The van der Waals surface area contributed by atoms with Gasteiger partial charge in [0.25, 0.3) is 0 Å². The number of likely N-dealkylation sites (tertiary alicyclic amines) is 1. The van der Waals surface area contributed by atoms with E-state index in [9.17, 15) is 26.3 Å². The van der Waals surface area contributed by atoms with Gasteiger partial charge in [-0.2, -0.15) is 0 Å². The Kier molecular flexibility index (Phi) is 5.57. The van der Waals surface area contributed by atoms with Crippen LogP contribution in [0.5, 0.6) is 5.75 Å². The van der Waals surface area contributed by atoms with E-state index in [1.54, 1.807) is 6.20 Å². The van der Waals surface area contributed by atoms with Gasteiger partial charge in [0, 0.05) is 29.7 Å². The molecule has 10 heteroatoms. The van der Waals surface area contributed by atoms with Crippen molar-refractivity contribution in [3.8, 4) is 5.75 Å². The normalized spacial score (nSPS) is 19.1. The molecule has 1 aromatic heterocycles. The van der Waals surface area contributed by atoms with Crippen LogP contribution in [-0.2, 0) is 11.2 Å². The number of benzene rings is 1. The Labute approximate surface area is 151 Å². The lowest BCUT2D eigenvalue weighted by molar-refractivity contribution is -0.325. The molecule has 1 aliphatic rings. The minimum atomic E-state index is -4.77. The van der Waals surface area contributed by atoms with Crippen LogP contribution in [0, 0.1) is 0 Å². The SMILES string of the molecule is FC(F)(F)OCCN1CCC[C@@H]1Cc1c[nH]c2ccc(OC(F)(F)F)cc12. The molecule has 1 fully saturated rings. The van der Waals surface area contributed by atoms with Gasteiger partial charge < -0.3 is 9.72 Å². The highest BCUT2D eigenvalue weighted by Gasteiger charge is 2.32. The van der Waals surface area contributed by atoms with E-state index in [4.69, 9.17) is 0 Å². The van der Waals surface area contributed by atoms with Crippen molar-refractivity contribution < 1.29 is 35.8 Å². The highest BCUT2D eigenvalue weighted by Crippen LogP contribution is 2.30. The summed E-state index contributed by atoms with van der Waals surface area (Å²) < 4.78 is 81.4. The highest BCUT2D eigenvalue weighted by molar-refractivity contribution is 5.84. The van der Waals surface area contributed by atoms with Gasteiger partial charge in [0.05, 0.1) is 6.61 Å². The van der Waals surface area contributed by atoms with Gasteiger partial charge in [0.15, 0.2) is 0 Å². The third-order valence-electron chi connectivity index (χ3n) is 4.57. The zero-order valence-electron chi connectivity index (χ0n) is 14.2. The van der Waals surface area contributed by atoms with Crippen molar-refractivity contribution in [2.45, 2.75) is 38.0 Å². The summed E-state index contributed by atoms with van der Waals surface area (Å²) in [7, 11) is 0. The van der Waals surface area contributed by atoms with Crippen LogP contribution in [-0.4, -0.2) is 48.3 Å². The maximum absolute atomic E-state index is 12.4. The maximum atomic E-state index is 12.4. The van der Waals surface area contributed by atoms with Gasteiger partial charge in [-0.25, -0.2) is 0 Å². The lowest BCUT2D eigenvalue weighted by Crippen LogP contribution is -2.35. The summed E-state index contributed by atoms with van der Waals surface area (Å²) in [6, 6.07) is 4.06. The quantitative estimate of drug-likeness (QED) is 0.725. The predicted octanol–water partition coefficient (Wildman–Crippen LogP) is 4.61. The van der Waals surface area contributed by atoms with E-state index in [0.29, 0.717) is 23.9 Å². The van der Waals surface area contributed by atoms with Gasteiger partial charge in [-0.15, -0.1) is 26.3 Å². The fourth-order valence-corrected chi connectivity index (χ4v) is 3.48. The van der Waals surface area contributed by atoms with Crippen molar-refractivity contribution in [1.82, 2.24) is 9.88 Å². The standard InChI is InChI=1S/C17H18F6N2O2/c18-16(19,20)26-7-6-25-5-1-2-12(25)8-11-10-24-15-4-3-13(9-14(11)15)27-17(21,22)23/h3-4,9-10,12,24H,1-2,5-8H2/t12-/m1/s1. The average Bonchev–Trinajstić information content (AvgIpc) is 3.13. The van der Waals surface area contributed by atoms with Crippen molar-refractivity contribution in [1.29, 1.82) is 0 Å². The summed E-state index contributed by atoms with van der Waals surface area (Å²) in [5.74, 6) is -0.308. The van der Waals surface area contributed by atoms with Crippen molar-refractivity contribution in [2.24, 2.45) is 0 Å². The molecule has 1 N–H and O–H groups in total. The number of hydrogen-bond donors (Lipinski definition) is 1. The molecule has 2 aromatic rings. The summed E-state index contributed by atoms with van der Waals surface area (Å²) >= 11 is 0. The van der Waals surface area contributed by atoms with E-state index in [2.05, 4.69) is 14.5 Å². The molecular weight excluding hydrogens is 378 g/mol. The van der Waals surface area contributed by atoms with E-state index >= 15 is 0 Å². The second-order valence-corrected chi connectivity index (χ2v) is 6.40. The molecule has 0 bridgehead atoms. The lowest BCUT2D eigenvalue weighted by Gasteiger charge is -2.24. The molecule has 0 aliphatic carbocycles. The summed E-state index contributed by atoms with van der Waals surface area (Å²) in [6.07, 6.45) is -5.54. The van der Waals surface area contributed by atoms with E-state index in [1.165, 1.54) is 18.2 Å². The molecule has 4 nitrogen and oxygen atoms in total. The first kappa shape index (κ1) is 19.8. The molecular formula is C17H18F6N2O2.